The zero-order chi connectivity index (χ0) is 28.3. The maximum atomic E-state index is 9.60. The highest BCUT2D eigenvalue weighted by Crippen LogP contribution is 2.44. The molecule has 0 atom stereocenters. The summed E-state index contributed by atoms with van der Waals surface area (Å²) in [6.07, 6.45) is 0. The molecule has 0 aliphatic heterocycles. The van der Waals surface area contributed by atoms with Crippen LogP contribution < -0.4 is 9.55 Å². The van der Waals surface area contributed by atoms with Crippen molar-refractivity contribution in [3.63, 3.8) is 0 Å². The zero-order valence-corrected chi connectivity index (χ0v) is 22.9. The van der Waals surface area contributed by atoms with Gasteiger partial charge in [-0.05, 0) is 57.3 Å². The second-order valence-corrected chi connectivity index (χ2v) is 10.2. The van der Waals surface area contributed by atoms with Crippen LogP contribution in [0.3, 0.4) is 0 Å². The van der Waals surface area contributed by atoms with E-state index in [1.807, 2.05) is 36.4 Å². The van der Waals surface area contributed by atoms with Crippen LogP contribution in [0.1, 0.15) is 0 Å². The van der Waals surface area contributed by atoms with E-state index in [2.05, 4.69) is 126 Å². The molecule has 0 saturated heterocycles. The van der Waals surface area contributed by atoms with E-state index in [1.165, 1.54) is 22.1 Å². The molecule has 3 nitrogen and oxygen atoms in total. The van der Waals surface area contributed by atoms with Crippen molar-refractivity contribution in [2.45, 2.75) is 0 Å². The van der Waals surface area contributed by atoms with E-state index in [4.69, 9.17) is 4.65 Å². The number of anilines is 3. The normalized spacial score (nSPS) is 11.0. The maximum absolute atomic E-state index is 9.60. The minimum atomic E-state index is 0.585. The molecule has 7 aromatic rings. The van der Waals surface area contributed by atoms with Crippen LogP contribution in [0.4, 0.5) is 17.1 Å². The molecule has 199 valence electrons. The van der Waals surface area contributed by atoms with Crippen LogP contribution in [0.25, 0.3) is 43.8 Å². The first-order valence-corrected chi connectivity index (χ1v) is 14.0. The van der Waals surface area contributed by atoms with E-state index in [-0.39, 0.29) is 0 Å². The molecule has 4 heteroatoms. The first-order valence-electron chi connectivity index (χ1n) is 14.0. The van der Waals surface area contributed by atoms with Crippen LogP contribution in [0.5, 0.6) is 5.75 Å². The van der Waals surface area contributed by atoms with Crippen molar-refractivity contribution in [3.05, 3.63) is 158 Å². The minimum absolute atomic E-state index is 0.585. The van der Waals surface area contributed by atoms with Gasteiger partial charge in [0.05, 0.1) is 11.4 Å². The number of fused-ring (bicyclic) bond motifs is 2. The van der Waals surface area contributed by atoms with Gasteiger partial charge in [0.1, 0.15) is 5.75 Å². The van der Waals surface area contributed by atoms with Crippen molar-refractivity contribution < 1.29 is 9.68 Å². The van der Waals surface area contributed by atoms with E-state index in [9.17, 15) is 5.02 Å². The van der Waals surface area contributed by atoms with E-state index >= 15 is 0 Å². The van der Waals surface area contributed by atoms with Gasteiger partial charge in [0.2, 0.25) is 0 Å². The topological polar surface area (TPSA) is 32.7 Å². The molecule has 7 aromatic carbocycles. The quantitative estimate of drug-likeness (QED) is 0.204. The first kappa shape index (κ1) is 25.6. The Morgan fingerprint density at radius 3 is 1.79 bits per heavy atom. The van der Waals surface area contributed by atoms with Crippen molar-refractivity contribution in [1.29, 1.82) is 0 Å². The van der Waals surface area contributed by atoms with Gasteiger partial charge in [-0.1, -0.05) is 127 Å². The molecule has 0 heterocycles. The number of hydrogen-bond donors (Lipinski definition) is 1. The molecular weight excluding hydrogens is 513 g/mol. The summed E-state index contributed by atoms with van der Waals surface area (Å²) in [5, 5.41) is 13.9. The lowest BCUT2D eigenvalue weighted by Gasteiger charge is -2.28. The summed E-state index contributed by atoms with van der Waals surface area (Å²) in [5.41, 5.74) is 7.68. The third kappa shape index (κ3) is 4.79. The van der Waals surface area contributed by atoms with E-state index < -0.39 is 0 Å². The van der Waals surface area contributed by atoms with Crippen molar-refractivity contribution in [1.82, 2.24) is 0 Å². The Balaban J connectivity index is 1.46. The van der Waals surface area contributed by atoms with Gasteiger partial charge in [0, 0.05) is 22.5 Å². The molecule has 0 fully saturated rings. The summed E-state index contributed by atoms with van der Waals surface area (Å²) in [4.78, 5) is 2.27. The summed E-state index contributed by atoms with van der Waals surface area (Å²) < 4.78 is 5.63. The summed E-state index contributed by atoms with van der Waals surface area (Å²) in [7, 11) is 0.745. The van der Waals surface area contributed by atoms with E-state index in [1.54, 1.807) is 0 Å². The second kappa shape index (κ2) is 11.3. The standard InChI is InChI=1S/C38H27BNO2/c41-39-42-38-26-32(25-30-15-7-8-16-34(30)38)40(31-21-19-28(20-22-31)27-11-3-1-4-12-27)37-24-23-33(29-13-5-2-6-14-29)35-17-9-10-18-36(35)37/h1-26,41H. The van der Waals surface area contributed by atoms with Gasteiger partial charge < -0.3 is 14.6 Å². The lowest BCUT2D eigenvalue weighted by atomic mass is 9.96. The highest BCUT2D eigenvalue weighted by molar-refractivity contribution is 6.18. The van der Waals surface area contributed by atoms with E-state index in [0.29, 0.717) is 5.75 Å². The molecule has 0 amide bonds. The molecule has 1 radical (unpaired) electrons. The van der Waals surface area contributed by atoms with Crippen LogP contribution in [0, 0.1) is 0 Å². The molecule has 42 heavy (non-hydrogen) atoms. The third-order valence-corrected chi connectivity index (χ3v) is 7.71. The van der Waals surface area contributed by atoms with Gasteiger partial charge in [0.15, 0.2) is 0 Å². The summed E-state index contributed by atoms with van der Waals surface area (Å²) in [5.74, 6) is 0.585. The van der Waals surface area contributed by atoms with Crippen molar-refractivity contribution in [2.24, 2.45) is 0 Å². The molecule has 1 N–H and O–H groups in total. The Kier molecular flexibility index (Phi) is 6.89. The molecule has 0 aliphatic rings. The predicted octanol–water partition coefficient (Wildman–Crippen LogP) is 9.70. The number of benzene rings is 7. The van der Waals surface area contributed by atoms with Gasteiger partial charge in [-0.25, -0.2) is 0 Å². The fraction of sp³-hybridized carbons (Fsp3) is 0. The minimum Gasteiger partial charge on any atom is -0.537 e. The Morgan fingerprint density at radius 1 is 0.476 bits per heavy atom. The van der Waals surface area contributed by atoms with Gasteiger partial charge in [-0.2, -0.15) is 0 Å². The predicted molar refractivity (Wildman–Crippen MR) is 176 cm³/mol. The number of hydrogen-bond acceptors (Lipinski definition) is 3. The van der Waals surface area contributed by atoms with Gasteiger partial charge in [0.25, 0.3) is 0 Å². The molecule has 0 bridgehead atoms. The van der Waals surface area contributed by atoms with E-state index in [0.717, 1.165) is 46.5 Å². The Hall–Kier alpha value is -5.32. The number of rotatable bonds is 7. The molecule has 0 unspecified atom stereocenters. The lowest BCUT2D eigenvalue weighted by molar-refractivity contribution is 0.457. The Morgan fingerprint density at radius 2 is 1.07 bits per heavy atom. The van der Waals surface area contributed by atoms with Crippen LogP contribution in [-0.4, -0.2) is 12.7 Å². The van der Waals surface area contributed by atoms with Crippen LogP contribution in [-0.2, 0) is 0 Å². The molecular formula is C38H27BNO2. The van der Waals surface area contributed by atoms with Crippen LogP contribution >= 0.6 is 0 Å². The average molecular weight is 540 g/mol. The summed E-state index contributed by atoms with van der Waals surface area (Å²) in [6, 6.07) is 54.7. The molecule has 7 rings (SSSR count). The number of nitrogens with zero attached hydrogens (tertiary/aromatic N) is 1. The monoisotopic (exact) mass is 540 g/mol. The van der Waals surface area contributed by atoms with Crippen LogP contribution in [0.15, 0.2) is 158 Å². The van der Waals surface area contributed by atoms with Crippen molar-refractivity contribution >= 4 is 46.3 Å². The third-order valence-electron chi connectivity index (χ3n) is 7.71. The highest BCUT2D eigenvalue weighted by Gasteiger charge is 2.19. The van der Waals surface area contributed by atoms with Crippen molar-refractivity contribution in [3.8, 4) is 28.0 Å². The van der Waals surface area contributed by atoms with Crippen molar-refractivity contribution in [2.75, 3.05) is 4.90 Å². The van der Waals surface area contributed by atoms with Gasteiger partial charge >= 0.3 is 7.69 Å². The SMILES string of the molecule is O[B]Oc1cc(N(c2ccc(-c3ccccc3)cc2)c2ccc(-c3ccccc3)c3ccccc23)cc2ccccc12. The fourth-order valence-electron chi connectivity index (χ4n) is 5.75. The second-order valence-electron chi connectivity index (χ2n) is 10.2. The average Bonchev–Trinajstić information content (AvgIpc) is 3.06. The Labute approximate surface area is 246 Å². The van der Waals surface area contributed by atoms with Gasteiger partial charge in [-0.3, -0.25) is 0 Å². The molecule has 0 saturated carbocycles. The molecule has 0 aromatic heterocycles. The maximum Gasteiger partial charge on any atom is 0.569 e. The molecule has 0 spiro atoms. The lowest BCUT2D eigenvalue weighted by Crippen LogP contribution is -2.11. The smallest absolute Gasteiger partial charge is 0.537 e. The highest BCUT2D eigenvalue weighted by atomic mass is 16.5. The fourth-order valence-corrected chi connectivity index (χ4v) is 5.75. The zero-order valence-electron chi connectivity index (χ0n) is 22.9. The van der Waals surface area contributed by atoms with Crippen LogP contribution in [0.2, 0.25) is 0 Å². The summed E-state index contributed by atoms with van der Waals surface area (Å²) >= 11 is 0. The summed E-state index contributed by atoms with van der Waals surface area (Å²) in [6.45, 7) is 0. The van der Waals surface area contributed by atoms with Gasteiger partial charge in [-0.15, -0.1) is 0 Å². The largest absolute Gasteiger partial charge is 0.569 e. The first-order chi connectivity index (χ1) is 20.8. The molecule has 0 aliphatic carbocycles. The Bertz CT molecular complexity index is 1990.